The Morgan fingerprint density at radius 1 is 1.36 bits per heavy atom. The van der Waals surface area contributed by atoms with Crippen molar-refractivity contribution in [3.05, 3.63) is 55.4 Å². The van der Waals surface area contributed by atoms with Gasteiger partial charge in [0.25, 0.3) is 5.56 Å². The summed E-state index contributed by atoms with van der Waals surface area (Å²) in [6.07, 6.45) is 7.44. The molecule has 0 saturated heterocycles. The molecular formula is C18H16BrN3O2S. The lowest BCUT2D eigenvalue weighted by Crippen LogP contribution is -2.18. The van der Waals surface area contributed by atoms with Crippen LogP contribution in [0.4, 0.5) is 0 Å². The first-order valence-corrected chi connectivity index (χ1v) is 9.68. The molecule has 0 amide bonds. The highest BCUT2D eigenvalue weighted by Crippen LogP contribution is 2.33. The maximum absolute atomic E-state index is 12.9. The van der Waals surface area contributed by atoms with Crippen LogP contribution in [0.2, 0.25) is 0 Å². The summed E-state index contributed by atoms with van der Waals surface area (Å²) in [6, 6.07) is 5.64. The Bertz CT molecular complexity index is 1040. The van der Waals surface area contributed by atoms with Crippen LogP contribution < -0.4 is 10.3 Å². The molecule has 7 heteroatoms. The molecule has 1 aliphatic carbocycles. The number of fused-ring (bicyclic) bond motifs is 3. The van der Waals surface area contributed by atoms with E-state index in [4.69, 9.17) is 4.74 Å². The van der Waals surface area contributed by atoms with Crippen molar-refractivity contribution in [3.8, 4) is 5.75 Å². The van der Waals surface area contributed by atoms with E-state index in [1.54, 1.807) is 24.7 Å². The molecule has 2 heterocycles. The molecule has 1 aliphatic rings. The van der Waals surface area contributed by atoms with Gasteiger partial charge in [-0.2, -0.15) is 9.78 Å². The Morgan fingerprint density at radius 3 is 3.04 bits per heavy atom. The van der Waals surface area contributed by atoms with Gasteiger partial charge >= 0.3 is 0 Å². The molecule has 2 aromatic heterocycles. The Kier molecular flexibility index (Phi) is 4.43. The standard InChI is InChI=1S/C18H16BrN3O2S/c1-24-14-7-6-12(19)8-11(14)9-21-22-10-20-17-16(18(22)23)13-4-2-3-5-15(13)25-17/h6-10H,2-5H2,1H3/b21-9+. The molecule has 25 heavy (non-hydrogen) atoms. The number of aryl methyl sites for hydroxylation is 2. The third kappa shape index (κ3) is 3.02. The summed E-state index contributed by atoms with van der Waals surface area (Å²) in [4.78, 5) is 19.5. The molecule has 5 nitrogen and oxygen atoms in total. The minimum atomic E-state index is -0.102. The molecule has 1 aromatic carbocycles. The predicted octanol–water partition coefficient (Wildman–Crippen LogP) is 3.99. The van der Waals surface area contributed by atoms with Gasteiger partial charge in [-0.15, -0.1) is 11.3 Å². The quantitative estimate of drug-likeness (QED) is 0.605. The van der Waals surface area contributed by atoms with Gasteiger partial charge in [0.05, 0.1) is 18.7 Å². The zero-order valence-corrected chi connectivity index (χ0v) is 16.1. The van der Waals surface area contributed by atoms with Crippen LogP contribution in [0.3, 0.4) is 0 Å². The fourth-order valence-electron chi connectivity index (χ4n) is 3.15. The number of rotatable bonds is 3. The molecule has 0 N–H and O–H groups in total. The lowest BCUT2D eigenvalue weighted by Gasteiger charge is -2.09. The third-order valence-electron chi connectivity index (χ3n) is 4.37. The topological polar surface area (TPSA) is 56.5 Å². The number of methoxy groups -OCH3 is 1. The summed E-state index contributed by atoms with van der Waals surface area (Å²) in [5, 5.41) is 5.06. The van der Waals surface area contributed by atoms with E-state index in [1.165, 1.54) is 27.9 Å². The van der Waals surface area contributed by atoms with Crippen molar-refractivity contribution in [1.82, 2.24) is 9.66 Å². The lowest BCUT2D eigenvalue weighted by atomic mass is 9.97. The van der Waals surface area contributed by atoms with Crippen LogP contribution in [-0.2, 0) is 12.8 Å². The van der Waals surface area contributed by atoms with Crippen LogP contribution in [0.5, 0.6) is 5.75 Å². The van der Waals surface area contributed by atoms with Crippen molar-refractivity contribution >= 4 is 43.7 Å². The van der Waals surface area contributed by atoms with E-state index < -0.39 is 0 Å². The monoisotopic (exact) mass is 417 g/mol. The van der Waals surface area contributed by atoms with Gasteiger partial charge in [-0.3, -0.25) is 4.79 Å². The minimum absolute atomic E-state index is 0.102. The van der Waals surface area contributed by atoms with E-state index in [-0.39, 0.29) is 5.56 Å². The summed E-state index contributed by atoms with van der Waals surface area (Å²) in [5.41, 5.74) is 1.86. The molecule has 0 aliphatic heterocycles. The molecule has 4 rings (SSSR count). The van der Waals surface area contributed by atoms with Crippen molar-refractivity contribution in [2.24, 2.45) is 5.10 Å². The van der Waals surface area contributed by atoms with Crippen molar-refractivity contribution in [1.29, 1.82) is 0 Å². The van der Waals surface area contributed by atoms with Crippen molar-refractivity contribution in [2.45, 2.75) is 25.7 Å². The summed E-state index contributed by atoms with van der Waals surface area (Å²) in [5.74, 6) is 0.696. The largest absolute Gasteiger partial charge is 0.496 e. The molecule has 0 spiro atoms. The lowest BCUT2D eigenvalue weighted by molar-refractivity contribution is 0.414. The third-order valence-corrected chi connectivity index (χ3v) is 6.07. The van der Waals surface area contributed by atoms with Crippen molar-refractivity contribution in [3.63, 3.8) is 0 Å². The van der Waals surface area contributed by atoms with E-state index in [9.17, 15) is 4.79 Å². The average molecular weight is 418 g/mol. The summed E-state index contributed by atoms with van der Waals surface area (Å²) >= 11 is 5.08. The van der Waals surface area contributed by atoms with Gasteiger partial charge in [0, 0.05) is 14.9 Å². The van der Waals surface area contributed by atoms with Crippen LogP contribution in [0.15, 0.2) is 38.9 Å². The average Bonchev–Trinajstić information content (AvgIpc) is 3.00. The zero-order valence-electron chi connectivity index (χ0n) is 13.7. The highest BCUT2D eigenvalue weighted by molar-refractivity contribution is 9.10. The normalized spacial score (nSPS) is 14.2. The van der Waals surface area contributed by atoms with E-state index in [0.717, 1.165) is 39.5 Å². The van der Waals surface area contributed by atoms with Gasteiger partial charge in [-0.1, -0.05) is 15.9 Å². The highest BCUT2D eigenvalue weighted by Gasteiger charge is 2.19. The smallest absolute Gasteiger partial charge is 0.282 e. The van der Waals surface area contributed by atoms with Crippen LogP contribution >= 0.6 is 27.3 Å². The maximum Gasteiger partial charge on any atom is 0.282 e. The van der Waals surface area contributed by atoms with Crippen LogP contribution in [-0.4, -0.2) is 23.0 Å². The maximum atomic E-state index is 12.9. The second-order valence-corrected chi connectivity index (χ2v) is 7.92. The molecule has 0 fully saturated rings. The van der Waals surface area contributed by atoms with E-state index in [0.29, 0.717) is 5.75 Å². The predicted molar refractivity (Wildman–Crippen MR) is 104 cm³/mol. The minimum Gasteiger partial charge on any atom is -0.496 e. The second kappa shape index (κ2) is 6.72. The molecule has 0 unspecified atom stereocenters. The Balaban J connectivity index is 1.79. The fraction of sp³-hybridized carbons (Fsp3) is 0.278. The molecule has 128 valence electrons. The molecule has 0 radical (unpaired) electrons. The van der Waals surface area contributed by atoms with E-state index in [2.05, 4.69) is 26.0 Å². The first-order valence-electron chi connectivity index (χ1n) is 8.07. The second-order valence-electron chi connectivity index (χ2n) is 5.92. The molecule has 3 aromatic rings. The summed E-state index contributed by atoms with van der Waals surface area (Å²) in [6.45, 7) is 0. The Hall–Kier alpha value is -1.99. The molecular weight excluding hydrogens is 402 g/mol. The van der Waals surface area contributed by atoms with Gasteiger partial charge in [0.2, 0.25) is 0 Å². The number of ether oxygens (including phenoxy) is 1. The van der Waals surface area contributed by atoms with Crippen molar-refractivity contribution < 1.29 is 4.74 Å². The highest BCUT2D eigenvalue weighted by atomic mass is 79.9. The number of thiophene rings is 1. The van der Waals surface area contributed by atoms with Gasteiger partial charge in [0.1, 0.15) is 16.9 Å². The van der Waals surface area contributed by atoms with Crippen LogP contribution in [0, 0.1) is 0 Å². The fourth-order valence-corrected chi connectivity index (χ4v) is 4.75. The van der Waals surface area contributed by atoms with Gasteiger partial charge in [0.15, 0.2) is 0 Å². The molecule has 0 bridgehead atoms. The Labute approximate surface area is 157 Å². The van der Waals surface area contributed by atoms with E-state index >= 15 is 0 Å². The van der Waals surface area contributed by atoms with Gasteiger partial charge in [-0.25, -0.2) is 4.98 Å². The summed E-state index contributed by atoms with van der Waals surface area (Å²) in [7, 11) is 1.61. The van der Waals surface area contributed by atoms with Crippen LogP contribution in [0.25, 0.3) is 10.2 Å². The number of aromatic nitrogens is 2. The number of benzene rings is 1. The molecule has 0 atom stereocenters. The first-order chi connectivity index (χ1) is 12.2. The number of hydrogen-bond donors (Lipinski definition) is 0. The number of nitrogens with zero attached hydrogens (tertiary/aromatic N) is 3. The first kappa shape index (κ1) is 16.5. The Morgan fingerprint density at radius 2 is 2.20 bits per heavy atom. The van der Waals surface area contributed by atoms with Crippen LogP contribution in [0.1, 0.15) is 28.8 Å². The van der Waals surface area contributed by atoms with Crippen molar-refractivity contribution in [2.75, 3.05) is 7.11 Å². The number of halogens is 1. The molecule has 0 saturated carbocycles. The summed E-state index contributed by atoms with van der Waals surface area (Å²) < 4.78 is 7.57. The zero-order chi connectivity index (χ0) is 17.4. The van der Waals surface area contributed by atoms with E-state index in [1.807, 2.05) is 18.2 Å². The van der Waals surface area contributed by atoms with Gasteiger partial charge in [-0.05, 0) is 49.4 Å². The SMILES string of the molecule is COc1ccc(Br)cc1/C=N/n1cnc2sc3c(c2c1=O)CCCC3. The van der Waals surface area contributed by atoms with Gasteiger partial charge < -0.3 is 4.74 Å². The number of hydrogen-bond acceptors (Lipinski definition) is 5.